The van der Waals surface area contributed by atoms with Crippen LogP contribution in [0.2, 0.25) is 0 Å². The van der Waals surface area contributed by atoms with Gasteiger partial charge in [0.15, 0.2) is 0 Å². The van der Waals surface area contributed by atoms with Gasteiger partial charge in [-0.1, -0.05) is 0 Å². The van der Waals surface area contributed by atoms with Crippen LogP contribution in [0.1, 0.15) is 40.0 Å². The molecular formula is C15H23NO3. The molecule has 0 saturated heterocycles. The Morgan fingerprint density at radius 1 is 1.21 bits per heavy atom. The third-order valence-electron chi connectivity index (χ3n) is 5.80. The van der Waals surface area contributed by atoms with Crippen LogP contribution >= 0.6 is 0 Å². The fourth-order valence-electron chi connectivity index (χ4n) is 4.78. The maximum Gasteiger partial charge on any atom is 0.329 e. The van der Waals surface area contributed by atoms with Crippen LogP contribution in [0.15, 0.2) is 0 Å². The van der Waals surface area contributed by atoms with Crippen LogP contribution in [-0.2, 0) is 9.59 Å². The third-order valence-corrected chi connectivity index (χ3v) is 5.80. The van der Waals surface area contributed by atoms with Gasteiger partial charge in [0, 0.05) is 12.5 Å². The number of amides is 1. The summed E-state index contributed by atoms with van der Waals surface area (Å²) >= 11 is 0. The first-order valence-corrected chi connectivity index (χ1v) is 7.44. The molecule has 0 radical (unpaired) electrons. The molecule has 3 aliphatic carbocycles. The van der Waals surface area contributed by atoms with E-state index in [2.05, 4.69) is 0 Å². The Bertz CT molecular complexity index is 415. The number of nitrogens with zero attached hydrogens (tertiary/aromatic N) is 1. The molecule has 4 atom stereocenters. The highest BCUT2D eigenvalue weighted by atomic mass is 16.4. The van der Waals surface area contributed by atoms with Gasteiger partial charge in [-0.25, -0.2) is 4.79 Å². The molecule has 2 bridgehead atoms. The summed E-state index contributed by atoms with van der Waals surface area (Å²) in [4.78, 5) is 25.6. The number of aliphatic carboxylic acids is 1. The molecule has 3 saturated carbocycles. The van der Waals surface area contributed by atoms with Crippen LogP contribution in [0.3, 0.4) is 0 Å². The molecule has 1 amide bonds. The Labute approximate surface area is 114 Å². The van der Waals surface area contributed by atoms with Gasteiger partial charge in [0.2, 0.25) is 5.91 Å². The molecule has 3 rings (SSSR count). The number of hydrogen-bond acceptors (Lipinski definition) is 2. The zero-order chi connectivity index (χ0) is 13.9. The number of carbonyl (C=O) groups is 2. The number of rotatable bonds is 4. The lowest BCUT2D eigenvalue weighted by Gasteiger charge is -2.35. The maximum atomic E-state index is 12.7. The van der Waals surface area contributed by atoms with Crippen molar-refractivity contribution in [1.82, 2.24) is 4.90 Å². The second-order valence-electron chi connectivity index (χ2n) is 6.96. The lowest BCUT2D eigenvalue weighted by Crippen LogP contribution is -2.53. The zero-order valence-electron chi connectivity index (χ0n) is 11.9. The molecule has 0 spiro atoms. The van der Waals surface area contributed by atoms with Crippen LogP contribution in [-0.4, -0.2) is 34.0 Å². The number of fused-ring (bicyclic) bond motifs is 5. The lowest BCUT2D eigenvalue weighted by molar-refractivity contribution is -0.157. The summed E-state index contributed by atoms with van der Waals surface area (Å²) in [5, 5.41) is 9.32. The van der Waals surface area contributed by atoms with Crippen molar-refractivity contribution in [3.8, 4) is 0 Å². The van der Waals surface area contributed by atoms with Crippen molar-refractivity contribution in [2.75, 3.05) is 6.54 Å². The van der Waals surface area contributed by atoms with Crippen LogP contribution in [0.25, 0.3) is 0 Å². The number of carboxylic acid groups (broad SMARTS) is 1. The first-order valence-electron chi connectivity index (χ1n) is 7.44. The van der Waals surface area contributed by atoms with Crippen LogP contribution in [0.5, 0.6) is 0 Å². The smallest absolute Gasteiger partial charge is 0.329 e. The van der Waals surface area contributed by atoms with E-state index in [-0.39, 0.29) is 11.8 Å². The van der Waals surface area contributed by atoms with Gasteiger partial charge < -0.3 is 10.0 Å². The van der Waals surface area contributed by atoms with Crippen molar-refractivity contribution >= 4 is 11.9 Å². The first kappa shape index (κ1) is 12.9. The minimum atomic E-state index is -1.10. The second kappa shape index (κ2) is 3.97. The average molecular weight is 265 g/mol. The van der Waals surface area contributed by atoms with Crippen molar-refractivity contribution in [1.29, 1.82) is 0 Å². The number of likely N-dealkylation sites (N-methyl/N-ethyl adjacent to an activating group) is 1. The molecule has 19 heavy (non-hydrogen) atoms. The third kappa shape index (κ3) is 1.65. The first-order chi connectivity index (χ1) is 8.89. The predicted octanol–water partition coefficient (Wildman–Crippen LogP) is 1.99. The zero-order valence-corrected chi connectivity index (χ0v) is 11.9. The Morgan fingerprint density at radius 2 is 1.74 bits per heavy atom. The van der Waals surface area contributed by atoms with E-state index < -0.39 is 11.5 Å². The van der Waals surface area contributed by atoms with Crippen molar-refractivity contribution in [3.63, 3.8) is 0 Å². The van der Waals surface area contributed by atoms with E-state index in [0.717, 1.165) is 11.8 Å². The lowest BCUT2D eigenvalue weighted by atomic mass is 9.98. The van der Waals surface area contributed by atoms with Gasteiger partial charge in [0.05, 0.1) is 0 Å². The monoisotopic (exact) mass is 265 g/mol. The molecule has 4 unspecified atom stereocenters. The summed E-state index contributed by atoms with van der Waals surface area (Å²) in [6.07, 6.45) is 3.88. The minimum absolute atomic E-state index is 0.0847. The van der Waals surface area contributed by atoms with E-state index in [9.17, 15) is 14.7 Å². The molecule has 4 nitrogen and oxygen atoms in total. The van der Waals surface area contributed by atoms with Gasteiger partial charge >= 0.3 is 5.97 Å². The fourth-order valence-corrected chi connectivity index (χ4v) is 4.78. The van der Waals surface area contributed by atoms with E-state index in [1.165, 1.54) is 19.3 Å². The van der Waals surface area contributed by atoms with Gasteiger partial charge in [-0.15, -0.1) is 0 Å². The number of carboxylic acids is 1. The van der Waals surface area contributed by atoms with E-state index in [4.69, 9.17) is 0 Å². The molecule has 0 aromatic carbocycles. The summed E-state index contributed by atoms with van der Waals surface area (Å²) < 4.78 is 0. The summed E-state index contributed by atoms with van der Waals surface area (Å²) in [6.45, 7) is 5.60. The Kier molecular flexibility index (Phi) is 2.70. The van der Waals surface area contributed by atoms with Crippen molar-refractivity contribution in [2.45, 2.75) is 45.6 Å². The van der Waals surface area contributed by atoms with Gasteiger partial charge in [-0.3, -0.25) is 4.79 Å². The van der Waals surface area contributed by atoms with Crippen molar-refractivity contribution in [3.05, 3.63) is 0 Å². The highest BCUT2D eigenvalue weighted by Gasteiger charge is 2.68. The van der Waals surface area contributed by atoms with Crippen molar-refractivity contribution in [2.24, 2.45) is 29.6 Å². The van der Waals surface area contributed by atoms with E-state index >= 15 is 0 Å². The predicted molar refractivity (Wildman–Crippen MR) is 70.4 cm³/mol. The van der Waals surface area contributed by atoms with Crippen LogP contribution in [0, 0.1) is 29.6 Å². The normalized spacial score (nSPS) is 39.0. The van der Waals surface area contributed by atoms with Gasteiger partial charge in [0.25, 0.3) is 0 Å². The van der Waals surface area contributed by atoms with Gasteiger partial charge in [-0.05, 0) is 63.7 Å². The summed E-state index contributed by atoms with van der Waals surface area (Å²) in [7, 11) is 0. The second-order valence-corrected chi connectivity index (χ2v) is 6.96. The molecule has 3 fully saturated rings. The van der Waals surface area contributed by atoms with Gasteiger partial charge in [0.1, 0.15) is 5.54 Å². The molecular weight excluding hydrogens is 242 g/mol. The van der Waals surface area contributed by atoms with Crippen LogP contribution < -0.4 is 0 Å². The van der Waals surface area contributed by atoms with E-state index in [1.807, 2.05) is 6.92 Å². The largest absolute Gasteiger partial charge is 0.480 e. The summed E-state index contributed by atoms with van der Waals surface area (Å²) in [5.41, 5.74) is -1.10. The molecule has 1 N–H and O–H groups in total. The topological polar surface area (TPSA) is 57.6 Å². The SMILES string of the molecule is CCN(C(=O)C1C2C3CCC(C3)C12)C(C)(C)C(=O)O. The molecule has 0 aromatic rings. The number of hydrogen-bond donors (Lipinski definition) is 1. The molecule has 0 aromatic heterocycles. The Hall–Kier alpha value is -1.06. The summed E-state index contributed by atoms with van der Waals surface area (Å²) in [6, 6.07) is 0. The highest BCUT2D eigenvalue weighted by Crippen LogP contribution is 2.69. The van der Waals surface area contributed by atoms with Crippen molar-refractivity contribution < 1.29 is 14.7 Å². The van der Waals surface area contributed by atoms with Gasteiger partial charge in [-0.2, -0.15) is 0 Å². The minimum Gasteiger partial charge on any atom is -0.480 e. The molecule has 0 aliphatic heterocycles. The Balaban J connectivity index is 1.76. The molecule has 106 valence electrons. The summed E-state index contributed by atoms with van der Waals surface area (Å²) in [5.74, 6) is 1.93. The quantitative estimate of drug-likeness (QED) is 0.845. The standard InChI is InChI=1S/C15H23NO3/c1-4-16(15(2,3)14(18)19)13(17)12-10-8-5-6-9(7-8)11(10)12/h8-12H,4-7H2,1-3H3,(H,18,19). The van der Waals surface area contributed by atoms with E-state index in [0.29, 0.717) is 18.4 Å². The number of carbonyl (C=O) groups excluding carboxylic acids is 1. The Morgan fingerprint density at radius 3 is 2.16 bits per heavy atom. The molecule has 0 heterocycles. The maximum absolute atomic E-state index is 12.7. The van der Waals surface area contributed by atoms with Crippen LogP contribution in [0.4, 0.5) is 0 Å². The molecule has 4 heteroatoms. The highest BCUT2D eigenvalue weighted by molar-refractivity contribution is 5.89. The van der Waals surface area contributed by atoms with E-state index in [1.54, 1.807) is 18.7 Å². The molecule has 3 aliphatic rings. The fraction of sp³-hybridized carbons (Fsp3) is 0.867. The average Bonchev–Trinajstić information content (AvgIpc) is 2.78.